The Bertz CT molecular complexity index is 572. The van der Waals surface area contributed by atoms with E-state index in [-0.39, 0.29) is 11.8 Å². The molecule has 4 heteroatoms. The summed E-state index contributed by atoms with van der Waals surface area (Å²) in [5.74, 6) is 0.278. The predicted molar refractivity (Wildman–Crippen MR) is 75.3 cm³/mol. The summed E-state index contributed by atoms with van der Waals surface area (Å²) < 4.78 is 19.3. The van der Waals surface area contributed by atoms with E-state index in [4.69, 9.17) is 22.1 Å². The molecular formula is C15H15ClFNO. The van der Waals surface area contributed by atoms with Crippen molar-refractivity contribution in [3.05, 3.63) is 58.9 Å². The smallest absolute Gasteiger partial charge is 0.165 e. The number of hydrogen-bond acceptors (Lipinski definition) is 2. The standard InChI is InChI=1S/C15H15ClFNO/c1-10(18)7-11-5-6-15(14(17)8-11)19-13-4-2-3-12(16)9-13/h2-6,8-10H,7,18H2,1H3. The van der Waals surface area contributed by atoms with Crippen molar-refractivity contribution in [2.75, 3.05) is 0 Å². The molecule has 0 saturated carbocycles. The molecular weight excluding hydrogens is 265 g/mol. The van der Waals surface area contributed by atoms with Gasteiger partial charge in [-0.2, -0.15) is 0 Å². The second-order valence-corrected chi connectivity index (χ2v) is 4.94. The molecule has 0 aliphatic carbocycles. The first-order valence-corrected chi connectivity index (χ1v) is 6.40. The van der Waals surface area contributed by atoms with E-state index in [9.17, 15) is 4.39 Å². The molecule has 2 aromatic carbocycles. The summed E-state index contributed by atoms with van der Waals surface area (Å²) in [5.41, 5.74) is 6.54. The van der Waals surface area contributed by atoms with Crippen molar-refractivity contribution in [3.8, 4) is 11.5 Å². The maximum Gasteiger partial charge on any atom is 0.165 e. The van der Waals surface area contributed by atoms with Crippen molar-refractivity contribution in [1.29, 1.82) is 0 Å². The average Bonchev–Trinajstić information content (AvgIpc) is 2.32. The highest BCUT2D eigenvalue weighted by atomic mass is 35.5. The van der Waals surface area contributed by atoms with Gasteiger partial charge in [0.05, 0.1) is 0 Å². The SMILES string of the molecule is CC(N)Cc1ccc(Oc2cccc(Cl)c2)c(F)c1. The van der Waals surface area contributed by atoms with Gasteiger partial charge in [-0.25, -0.2) is 4.39 Å². The Hall–Kier alpha value is -1.58. The van der Waals surface area contributed by atoms with Crippen molar-refractivity contribution < 1.29 is 9.13 Å². The maximum absolute atomic E-state index is 13.9. The fourth-order valence-corrected chi connectivity index (χ4v) is 1.96. The van der Waals surface area contributed by atoms with Crippen LogP contribution in [0.15, 0.2) is 42.5 Å². The van der Waals surface area contributed by atoms with E-state index in [2.05, 4.69) is 0 Å². The molecule has 0 amide bonds. The van der Waals surface area contributed by atoms with Gasteiger partial charge in [-0.15, -0.1) is 0 Å². The highest BCUT2D eigenvalue weighted by Gasteiger charge is 2.07. The lowest BCUT2D eigenvalue weighted by molar-refractivity contribution is 0.441. The van der Waals surface area contributed by atoms with Gasteiger partial charge in [-0.3, -0.25) is 0 Å². The van der Waals surface area contributed by atoms with E-state index >= 15 is 0 Å². The number of halogens is 2. The molecule has 2 N–H and O–H groups in total. The van der Waals surface area contributed by atoms with E-state index in [0.717, 1.165) is 5.56 Å². The Balaban J connectivity index is 2.17. The zero-order valence-corrected chi connectivity index (χ0v) is 11.3. The van der Waals surface area contributed by atoms with Gasteiger partial charge in [0, 0.05) is 11.1 Å². The van der Waals surface area contributed by atoms with Crippen LogP contribution in [0.2, 0.25) is 5.02 Å². The first kappa shape index (κ1) is 13.8. The van der Waals surface area contributed by atoms with Gasteiger partial charge >= 0.3 is 0 Å². The van der Waals surface area contributed by atoms with Crippen LogP contribution >= 0.6 is 11.6 Å². The van der Waals surface area contributed by atoms with Crippen LogP contribution in [0.25, 0.3) is 0 Å². The zero-order chi connectivity index (χ0) is 13.8. The molecule has 0 aliphatic rings. The largest absolute Gasteiger partial charge is 0.454 e. The summed E-state index contributed by atoms with van der Waals surface area (Å²) in [7, 11) is 0. The summed E-state index contributed by atoms with van der Waals surface area (Å²) in [6.45, 7) is 1.88. The van der Waals surface area contributed by atoms with Crippen molar-refractivity contribution in [2.24, 2.45) is 5.73 Å². The van der Waals surface area contributed by atoms with E-state index in [1.54, 1.807) is 30.3 Å². The van der Waals surface area contributed by atoms with E-state index in [1.807, 2.05) is 13.0 Å². The molecule has 0 bridgehead atoms. The Morgan fingerprint density at radius 1 is 1.26 bits per heavy atom. The van der Waals surface area contributed by atoms with Gasteiger partial charge < -0.3 is 10.5 Å². The van der Waals surface area contributed by atoms with Gasteiger partial charge in [0.1, 0.15) is 5.75 Å². The van der Waals surface area contributed by atoms with Crippen LogP contribution in [0.4, 0.5) is 4.39 Å². The maximum atomic E-state index is 13.9. The summed E-state index contributed by atoms with van der Waals surface area (Å²) >= 11 is 5.85. The summed E-state index contributed by atoms with van der Waals surface area (Å²) in [5, 5.41) is 0.548. The van der Waals surface area contributed by atoms with Crippen molar-refractivity contribution >= 4 is 11.6 Å². The lowest BCUT2D eigenvalue weighted by atomic mass is 10.1. The molecule has 2 nitrogen and oxygen atoms in total. The average molecular weight is 280 g/mol. The third-order valence-electron chi connectivity index (χ3n) is 2.58. The number of nitrogens with two attached hydrogens (primary N) is 1. The molecule has 0 aromatic heterocycles. The number of rotatable bonds is 4. The van der Waals surface area contributed by atoms with Crippen LogP contribution in [0.1, 0.15) is 12.5 Å². The first-order chi connectivity index (χ1) is 9.04. The summed E-state index contributed by atoms with van der Waals surface area (Å²) in [6, 6.07) is 11.7. The van der Waals surface area contributed by atoms with Crippen molar-refractivity contribution in [1.82, 2.24) is 0 Å². The van der Waals surface area contributed by atoms with Gasteiger partial charge in [-0.1, -0.05) is 23.7 Å². The molecule has 0 aliphatic heterocycles. The minimum absolute atomic E-state index is 0.000835. The van der Waals surface area contributed by atoms with Crippen molar-refractivity contribution in [2.45, 2.75) is 19.4 Å². The molecule has 1 atom stereocenters. The fourth-order valence-electron chi connectivity index (χ4n) is 1.78. The summed E-state index contributed by atoms with van der Waals surface area (Å²) in [6.07, 6.45) is 0.633. The highest BCUT2D eigenvalue weighted by Crippen LogP contribution is 2.27. The summed E-state index contributed by atoms with van der Waals surface area (Å²) in [4.78, 5) is 0. The molecule has 19 heavy (non-hydrogen) atoms. The molecule has 2 rings (SSSR count). The monoisotopic (exact) mass is 279 g/mol. The Morgan fingerprint density at radius 2 is 2.05 bits per heavy atom. The zero-order valence-electron chi connectivity index (χ0n) is 10.6. The second kappa shape index (κ2) is 6.04. The second-order valence-electron chi connectivity index (χ2n) is 4.51. The van der Waals surface area contributed by atoms with E-state index in [1.165, 1.54) is 6.07 Å². The normalized spacial score (nSPS) is 12.2. The molecule has 0 radical (unpaired) electrons. The van der Waals surface area contributed by atoms with Gasteiger partial charge in [0.15, 0.2) is 11.6 Å². The van der Waals surface area contributed by atoms with Gasteiger partial charge in [-0.05, 0) is 49.2 Å². The predicted octanol–water partition coefficient (Wildman–Crippen LogP) is 4.16. The lowest BCUT2D eigenvalue weighted by Crippen LogP contribution is -2.17. The highest BCUT2D eigenvalue weighted by molar-refractivity contribution is 6.30. The Morgan fingerprint density at radius 3 is 2.68 bits per heavy atom. The molecule has 0 saturated heterocycles. The molecule has 0 heterocycles. The molecule has 1 unspecified atom stereocenters. The number of ether oxygens (including phenoxy) is 1. The fraction of sp³-hybridized carbons (Fsp3) is 0.200. The van der Waals surface area contributed by atoms with E-state index < -0.39 is 5.82 Å². The third kappa shape index (κ3) is 3.94. The number of benzene rings is 2. The van der Waals surface area contributed by atoms with Crippen LogP contribution < -0.4 is 10.5 Å². The van der Waals surface area contributed by atoms with Crippen LogP contribution in [0.3, 0.4) is 0 Å². The molecule has 0 spiro atoms. The van der Waals surface area contributed by atoms with Crippen LogP contribution in [-0.2, 0) is 6.42 Å². The van der Waals surface area contributed by atoms with Gasteiger partial charge in [0.25, 0.3) is 0 Å². The Labute approximate surface area is 117 Å². The number of hydrogen-bond donors (Lipinski definition) is 1. The molecule has 0 fully saturated rings. The van der Waals surface area contributed by atoms with Crippen molar-refractivity contribution in [3.63, 3.8) is 0 Å². The molecule has 100 valence electrons. The van der Waals surface area contributed by atoms with Crippen LogP contribution in [0.5, 0.6) is 11.5 Å². The van der Waals surface area contributed by atoms with Crippen LogP contribution in [0, 0.1) is 5.82 Å². The molecule has 2 aromatic rings. The van der Waals surface area contributed by atoms with E-state index in [0.29, 0.717) is 17.2 Å². The third-order valence-corrected chi connectivity index (χ3v) is 2.81. The Kier molecular flexibility index (Phi) is 4.40. The quantitative estimate of drug-likeness (QED) is 0.912. The lowest BCUT2D eigenvalue weighted by Gasteiger charge is -2.10. The topological polar surface area (TPSA) is 35.2 Å². The van der Waals surface area contributed by atoms with Gasteiger partial charge in [0.2, 0.25) is 0 Å². The minimum atomic E-state index is -0.405. The van der Waals surface area contributed by atoms with Crippen LogP contribution in [-0.4, -0.2) is 6.04 Å². The first-order valence-electron chi connectivity index (χ1n) is 6.02. The minimum Gasteiger partial charge on any atom is -0.454 e.